The highest BCUT2D eigenvalue weighted by Gasteiger charge is 2.22. The normalized spacial score (nSPS) is 14.1. The Labute approximate surface area is 130 Å². The van der Waals surface area contributed by atoms with E-state index in [1.165, 1.54) is 5.56 Å². The van der Waals surface area contributed by atoms with E-state index in [9.17, 15) is 4.79 Å². The minimum atomic E-state index is -0.149. The van der Waals surface area contributed by atoms with Crippen LogP contribution in [0.4, 0.5) is 0 Å². The second-order valence-corrected chi connectivity index (χ2v) is 6.39. The molecule has 1 aromatic carbocycles. The predicted octanol–water partition coefficient (Wildman–Crippen LogP) is 3.65. The van der Waals surface area contributed by atoms with Gasteiger partial charge >= 0.3 is 0 Å². The van der Waals surface area contributed by atoms with Crippen LogP contribution in [0.2, 0.25) is 0 Å². The van der Waals surface area contributed by atoms with Crippen LogP contribution in [0.5, 0.6) is 0 Å². The summed E-state index contributed by atoms with van der Waals surface area (Å²) in [5, 5.41) is 6.25. The number of carbonyl (C=O) groups is 1. The highest BCUT2D eigenvalue weighted by Crippen LogP contribution is 2.22. The zero-order valence-electron chi connectivity index (χ0n) is 12.7. The zero-order chi connectivity index (χ0) is 15.1. The lowest BCUT2D eigenvalue weighted by molar-refractivity contribution is -0.123. The van der Waals surface area contributed by atoms with E-state index < -0.39 is 0 Å². The van der Waals surface area contributed by atoms with Gasteiger partial charge in [0.05, 0.1) is 6.04 Å². The van der Waals surface area contributed by atoms with Crippen molar-refractivity contribution in [1.82, 2.24) is 10.6 Å². The van der Waals surface area contributed by atoms with Crippen molar-refractivity contribution in [2.24, 2.45) is 5.92 Å². The zero-order valence-corrected chi connectivity index (χ0v) is 14.3. The Morgan fingerprint density at radius 1 is 1.35 bits per heavy atom. The SMILES string of the molecule is CCC(NC(CC(C)C)C(=O)NC)c1cccc(Br)c1. The first-order chi connectivity index (χ1) is 9.47. The molecule has 20 heavy (non-hydrogen) atoms. The predicted molar refractivity (Wildman–Crippen MR) is 87.6 cm³/mol. The van der Waals surface area contributed by atoms with Crippen LogP contribution in [0.15, 0.2) is 28.7 Å². The van der Waals surface area contributed by atoms with Crippen molar-refractivity contribution in [3.8, 4) is 0 Å². The monoisotopic (exact) mass is 340 g/mol. The lowest BCUT2D eigenvalue weighted by atomic mass is 9.99. The quantitative estimate of drug-likeness (QED) is 0.795. The lowest BCUT2D eigenvalue weighted by Crippen LogP contribution is -2.45. The Bertz CT molecular complexity index is 434. The summed E-state index contributed by atoms with van der Waals surface area (Å²) in [4.78, 5) is 12.0. The summed E-state index contributed by atoms with van der Waals surface area (Å²) in [6.07, 6.45) is 1.78. The summed E-state index contributed by atoms with van der Waals surface area (Å²) >= 11 is 3.50. The summed E-state index contributed by atoms with van der Waals surface area (Å²) in [6.45, 7) is 6.41. The Balaban J connectivity index is 2.85. The minimum absolute atomic E-state index is 0.0622. The van der Waals surface area contributed by atoms with Gasteiger partial charge in [-0.2, -0.15) is 0 Å². The smallest absolute Gasteiger partial charge is 0.236 e. The molecule has 1 rings (SSSR count). The molecule has 4 heteroatoms. The molecule has 0 saturated carbocycles. The number of likely N-dealkylation sites (N-methyl/N-ethyl adjacent to an activating group) is 1. The van der Waals surface area contributed by atoms with Gasteiger partial charge in [-0.05, 0) is 36.5 Å². The number of amides is 1. The lowest BCUT2D eigenvalue weighted by Gasteiger charge is -2.25. The number of hydrogen-bond donors (Lipinski definition) is 2. The number of benzene rings is 1. The molecule has 2 atom stereocenters. The second kappa shape index (κ2) is 8.42. The van der Waals surface area contributed by atoms with Crippen molar-refractivity contribution in [1.29, 1.82) is 0 Å². The molecule has 2 unspecified atom stereocenters. The standard InChI is InChI=1S/C16H25BrN2O/c1-5-14(12-7-6-8-13(17)10-12)19-15(9-11(2)3)16(20)18-4/h6-8,10-11,14-15,19H,5,9H2,1-4H3,(H,18,20). The molecular formula is C16H25BrN2O. The molecule has 0 saturated heterocycles. The molecule has 3 nitrogen and oxygen atoms in total. The molecule has 0 spiro atoms. The van der Waals surface area contributed by atoms with Crippen LogP contribution in [0.3, 0.4) is 0 Å². The third-order valence-electron chi connectivity index (χ3n) is 3.33. The van der Waals surface area contributed by atoms with Gasteiger partial charge in [-0.1, -0.05) is 48.8 Å². The average molecular weight is 341 g/mol. The first-order valence-corrected chi connectivity index (χ1v) is 8.00. The first-order valence-electron chi connectivity index (χ1n) is 7.21. The molecular weight excluding hydrogens is 316 g/mol. The molecule has 0 heterocycles. The molecule has 0 aromatic heterocycles. The van der Waals surface area contributed by atoms with Crippen molar-refractivity contribution in [3.63, 3.8) is 0 Å². The van der Waals surface area contributed by atoms with Crippen molar-refractivity contribution in [2.75, 3.05) is 7.05 Å². The number of hydrogen-bond acceptors (Lipinski definition) is 2. The fourth-order valence-electron chi connectivity index (χ4n) is 2.31. The van der Waals surface area contributed by atoms with Crippen molar-refractivity contribution < 1.29 is 4.79 Å². The summed E-state index contributed by atoms with van der Waals surface area (Å²) in [7, 11) is 1.69. The van der Waals surface area contributed by atoms with Crippen LogP contribution in [0.25, 0.3) is 0 Å². The Morgan fingerprint density at radius 3 is 2.55 bits per heavy atom. The van der Waals surface area contributed by atoms with Gasteiger partial charge in [0.2, 0.25) is 5.91 Å². The summed E-state index contributed by atoms with van der Waals surface area (Å²) in [6, 6.07) is 8.29. The summed E-state index contributed by atoms with van der Waals surface area (Å²) < 4.78 is 1.07. The maximum absolute atomic E-state index is 12.0. The second-order valence-electron chi connectivity index (χ2n) is 5.48. The van der Waals surface area contributed by atoms with Crippen LogP contribution >= 0.6 is 15.9 Å². The van der Waals surface area contributed by atoms with Crippen LogP contribution in [-0.2, 0) is 4.79 Å². The largest absolute Gasteiger partial charge is 0.358 e. The van der Waals surface area contributed by atoms with Crippen LogP contribution < -0.4 is 10.6 Å². The summed E-state index contributed by atoms with van der Waals surface area (Å²) in [5.41, 5.74) is 1.21. The molecule has 0 fully saturated rings. The Hall–Kier alpha value is -0.870. The van der Waals surface area contributed by atoms with Gasteiger partial charge in [0.15, 0.2) is 0 Å². The van der Waals surface area contributed by atoms with Gasteiger partial charge in [0, 0.05) is 17.6 Å². The van der Waals surface area contributed by atoms with E-state index >= 15 is 0 Å². The molecule has 2 N–H and O–H groups in total. The molecule has 0 aliphatic rings. The van der Waals surface area contributed by atoms with Gasteiger partial charge < -0.3 is 5.32 Å². The van der Waals surface area contributed by atoms with Crippen LogP contribution in [-0.4, -0.2) is 19.0 Å². The third-order valence-corrected chi connectivity index (χ3v) is 3.82. The van der Waals surface area contributed by atoms with E-state index in [2.05, 4.69) is 59.5 Å². The molecule has 1 amide bonds. The van der Waals surface area contributed by atoms with Gasteiger partial charge in [0.1, 0.15) is 0 Å². The van der Waals surface area contributed by atoms with Crippen molar-refractivity contribution >= 4 is 21.8 Å². The Kier molecular flexibility index (Phi) is 7.24. The fraction of sp³-hybridized carbons (Fsp3) is 0.562. The topological polar surface area (TPSA) is 41.1 Å². The maximum Gasteiger partial charge on any atom is 0.236 e. The molecule has 112 valence electrons. The highest BCUT2D eigenvalue weighted by atomic mass is 79.9. The number of nitrogens with one attached hydrogen (secondary N) is 2. The van der Waals surface area contributed by atoms with E-state index in [-0.39, 0.29) is 18.0 Å². The molecule has 0 aliphatic heterocycles. The number of carbonyl (C=O) groups excluding carboxylic acids is 1. The van der Waals surface area contributed by atoms with Crippen molar-refractivity contribution in [3.05, 3.63) is 34.3 Å². The molecule has 0 aliphatic carbocycles. The minimum Gasteiger partial charge on any atom is -0.358 e. The average Bonchev–Trinajstić information content (AvgIpc) is 2.42. The van der Waals surface area contributed by atoms with Gasteiger partial charge in [-0.3, -0.25) is 10.1 Å². The molecule has 0 radical (unpaired) electrons. The Morgan fingerprint density at radius 2 is 2.05 bits per heavy atom. The maximum atomic E-state index is 12.0. The van der Waals surface area contributed by atoms with E-state index in [1.807, 2.05) is 12.1 Å². The number of halogens is 1. The first kappa shape index (κ1) is 17.2. The fourth-order valence-corrected chi connectivity index (χ4v) is 2.73. The van der Waals surface area contributed by atoms with Crippen molar-refractivity contribution in [2.45, 2.75) is 45.7 Å². The third kappa shape index (κ3) is 5.25. The van der Waals surface area contributed by atoms with Crippen LogP contribution in [0, 0.1) is 5.92 Å². The van der Waals surface area contributed by atoms with E-state index in [1.54, 1.807) is 7.05 Å². The summed E-state index contributed by atoms with van der Waals surface area (Å²) in [5.74, 6) is 0.539. The molecule has 0 bridgehead atoms. The van der Waals surface area contributed by atoms with Crippen LogP contribution in [0.1, 0.15) is 45.2 Å². The van der Waals surface area contributed by atoms with E-state index in [4.69, 9.17) is 0 Å². The highest BCUT2D eigenvalue weighted by molar-refractivity contribution is 9.10. The molecule has 1 aromatic rings. The van der Waals surface area contributed by atoms with E-state index in [0.29, 0.717) is 5.92 Å². The van der Waals surface area contributed by atoms with Gasteiger partial charge in [-0.25, -0.2) is 0 Å². The van der Waals surface area contributed by atoms with E-state index in [0.717, 1.165) is 17.3 Å². The number of rotatable bonds is 7. The van der Waals surface area contributed by atoms with Gasteiger partial charge in [-0.15, -0.1) is 0 Å². The van der Waals surface area contributed by atoms with Gasteiger partial charge in [0.25, 0.3) is 0 Å².